The van der Waals surface area contributed by atoms with Crippen molar-refractivity contribution in [2.75, 3.05) is 6.61 Å². The van der Waals surface area contributed by atoms with E-state index in [0.717, 1.165) is 17.7 Å². The van der Waals surface area contributed by atoms with Gasteiger partial charge in [0.15, 0.2) is 5.78 Å². The number of carbonyl (C=O) groups is 2. The molecule has 0 spiro atoms. The number of alkyl halides is 3. The second-order valence-electron chi connectivity index (χ2n) is 7.70. The molecule has 0 saturated heterocycles. The number of carboxylic acids is 1. The molecule has 0 heterocycles. The van der Waals surface area contributed by atoms with Crippen LogP contribution in [0.2, 0.25) is 0 Å². The van der Waals surface area contributed by atoms with Gasteiger partial charge in [-0.1, -0.05) is 35.9 Å². The number of halogens is 3. The molecule has 1 aliphatic rings. The number of hydrogen-bond donors (Lipinski definition) is 2. The van der Waals surface area contributed by atoms with E-state index in [1.165, 1.54) is 18.2 Å². The lowest BCUT2D eigenvalue weighted by atomic mass is 9.87. The highest BCUT2D eigenvalue weighted by Gasteiger charge is 2.32. The van der Waals surface area contributed by atoms with E-state index in [0.29, 0.717) is 19.3 Å². The normalized spacial score (nSPS) is 20.2. The summed E-state index contributed by atoms with van der Waals surface area (Å²) in [6, 6.07) is 4.43. The van der Waals surface area contributed by atoms with E-state index in [2.05, 4.69) is 0 Å². The number of carbonyl (C=O) groups excluding carboxylic acids is 1. The average Bonchev–Trinajstić information content (AvgIpc) is 2.99. The van der Waals surface area contributed by atoms with Gasteiger partial charge in [-0.3, -0.25) is 9.59 Å². The van der Waals surface area contributed by atoms with Crippen molar-refractivity contribution in [1.29, 1.82) is 0 Å². The summed E-state index contributed by atoms with van der Waals surface area (Å²) in [6.45, 7) is 1.60. The van der Waals surface area contributed by atoms with Gasteiger partial charge in [0.25, 0.3) is 0 Å². The number of ketones is 1. The molecule has 2 rings (SSSR count). The maximum atomic E-state index is 12.8. The third kappa shape index (κ3) is 8.00. The standard InChI is InChI=1S/C24H27F3O5/c1-16-13-22(29)21(9-4-2-3-5-10-23(30)31)20(16)12-11-18(28)15-32-19-8-6-7-17(14-19)24(25,26)27/h2,4,6-8,11-14,18,20-21,28H,3,5,9-10,15H2,1H3,(H,30,31)/b4-2-,12-11+/t18-,20+,21-/m1/s1. The molecule has 2 N–H and O–H groups in total. The number of aliphatic carboxylic acids is 1. The number of ether oxygens (including phenoxy) is 1. The van der Waals surface area contributed by atoms with Gasteiger partial charge in [-0.15, -0.1) is 0 Å². The average molecular weight is 452 g/mol. The lowest BCUT2D eigenvalue weighted by molar-refractivity contribution is -0.138. The Hall–Kier alpha value is -2.87. The highest BCUT2D eigenvalue weighted by Crippen LogP contribution is 2.33. The predicted octanol–water partition coefficient (Wildman–Crippen LogP) is 4.96. The number of aliphatic hydroxyl groups excluding tert-OH is 1. The summed E-state index contributed by atoms with van der Waals surface area (Å²) in [4.78, 5) is 22.8. The molecule has 0 amide bonds. The Balaban J connectivity index is 1.89. The van der Waals surface area contributed by atoms with Gasteiger partial charge >= 0.3 is 12.1 Å². The summed E-state index contributed by atoms with van der Waals surface area (Å²) in [5.74, 6) is -1.36. The van der Waals surface area contributed by atoms with Crippen LogP contribution in [0.5, 0.6) is 5.75 Å². The van der Waals surface area contributed by atoms with E-state index in [1.807, 2.05) is 19.1 Å². The van der Waals surface area contributed by atoms with Gasteiger partial charge in [-0.2, -0.15) is 13.2 Å². The predicted molar refractivity (Wildman–Crippen MR) is 113 cm³/mol. The van der Waals surface area contributed by atoms with Crippen LogP contribution in [0.25, 0.3) is 0 Å². The van der Waals surface area contributed by atoms with Crippen LogP contribution in [-0.4, -0.2) is 34.7 Å². The number of hydrogen-bond acceptors (Lipinski definition) is 4. The minimum Gasteiger partial charge on any atom is -0.491 e. The maximum Gasteiger partial charge on any atom is 0.416 e. The molecule has 0 saturated carbocycles. The first-order valence-corrected chi connectivity index (χ1v) is 10.3. The number of rotatable bonds is 11. The monoisotopic (exact) mass is 452 g/mol. The Morgan fingerprint density at radius 3 is 2.72 bits per heavy atom. The van der Waals surface area contributed by atoms with Gasteiger partial charge < -0.3 is 14.9 Å². The van der Waals surface area contributed by atoms with Crippen molar-refractivity contribution in [2.24, 2.45) is 11.8 Å². The summed E-state index contributed by atoms with van der Waals surface area (Å²) in [6.07, 6.45) is 4.71. The molecule has 1 aromatic rings. The maximum absolute atomic E-state index is 12.8. The van der Waals surface area contributed by atoms with Crippen LogP contribution in [0.15, 0.2) is 60.2 Å². The van der Waals surface area contributed by atoms with Crippen molar-refractivity contribution >= 4 is 11.8 Å². The van der Waals surface area contributed by atoms with Crippen molar-refractivity contribution in [3.05, 3.63) is 65.8 Å². The van der Waals surface area contributed by atoms with Crippen LogP contribution in [-0.2, 0) is 15.8 Å². The number of aliphatic hydroxyl groups is 1. The van der Waals surface area contributed by atoms with Gasteiger partial charge in [-0.25, -0.2) is 0 Å². The molecule has 0 unspecified atom stereocenters. The first kappa shape index (κ1) is 25.4. The van der Waals surface area contributed by atoms with Crippen LogP contribution in [0.3, 0.4) is 0 Å². The molecule has 0 fully saturated rings. The Kier molecular flexibility index (Phi) is 9.26. The molecule has 174 valence electrons. The number of unbranched alkanes of at least 4 members (excludes halogenated alkanes) is 1. The molecule has 32 heavy (non-hydrogen) atoms. The fourth-order valence-corrected chi connectivity index (χ4v) is 3.45. The lowest BCUT2D eigenvalue weighted by Gasteiger charge is -2.16. The number of benzene rings is 1. The summed E-state index contributed by atoms with van der Waals surface area (Å²) in [5.41, 5.74) is 0.0330. The largest absolute Gasteiger partial charge is 0.491 e. The zero-order valence-corrected chi connectivity index (χ0v) is 17.7. The van der Waals surface area contributed by atoms with E-state index in [4.69, 9.17) is 9.84 Å². The van der Waals surface area contributed by atoms with Gasteiger partial charge in [0.2, 0.25) is 0 Å². The van der Waals surface area contributed by atoms with Crippen LogP contribution in [0, 0.1) is 11.8 Å². The summed E-state index contributed by atoms with van der Waals surface area (Å²) in [5, 5.41) is 18.8. The van der Waals surface area contributed by atoms with Crippen molar-refractivity contribution in [3.63, 3.8) is 0 Å². The van der Waals surface area contributed by atoms with Gasteiger partial charge in [-0.05, 0) is 50.5 Å². The quantitative estimate of drug-likeness (QED) is 0.366. The van der Waals surface area contributed by atoms with Gasteiger partial charge in [0.1, 0.15) is 18.5 Å². The zero-order chi connectivity index (χ0) is 23.7. The van der Waals surface area contributed by atoms with Crippen molar-refractivity contribution < 1.29 is 37.7 Å². The third-order valence-electron chi connectivity index (χ3n) is 5.14. The van der Waals surface area contributed by atoms with Crippen LogP contribution in [0.4, 0.5) is 13.2 Å². The minimum absolute atomic E-state index is 0.00491. The molecule has 0 radical (unpaired) electrons. The zero-order valence-electron chi connectivity index (χ0n) is 17.7. The van der Waals surface area contributed by atoms with Crippen molar-refractivity contribution in [2.45, 2.75) is 44.9 Å². The molecular weight excluding hydrogens is 425 g/mol. The van der Waals surface area contributed by atoms with Crippen molar-refractivity contribution in [1.82, 2.24) is 0 Å². The fourth-order valence-electron chi connectivity index (χ4n) is 3.45. The molecule has 0 aromatic heterocycles. The second-order valence-corrected chi connectivity index (χ2v) is 7.70. The Morgan fingerprint density at radius 1 is 1.28 bits per heavy atom. The van der Waals surface area contributed by atoms with Crippen molar-refractivity contribution in [3.8, 4) is 5.75 Å². The topological polar surface area (TPSA) is 83.8 Å². The molecule has 0 bridgehead atoms. The highest BCUT2D eigenvalue weighted by molar-refractivity contribution is 5.96. The molecule has 1 aromatic carbocycles. The van der Waals surface area contributed by atoms with E-state index >= 15 is 0 Å². The molecule has 0 aliphatic heterocycles. The first-order chi connectivity index (χ1) is 15.1. The van der Waals surface area contributed by atoms with E-state index < -0.39 is 23.8 Å². The summed E-state index contributed by atoms with van der Waals surface area (Å²) in [7, 11) is 0. The Morgan fingerprint density at radius 2 is 2.03 bits per heavy atom. The van der Waals surface area contributed by atoms with E-state index in [1.54, 1.807) is 12.2 Å². The molecular formula is C24H27F3O5. The molecule has 8 heteroatoms. The first-order valence-electron chi connectivity index (χ1n) is 10.3. The van der Waals surface area contributed by atoms with Crippen LogP contribution < -0.4 is 4.74 Å². The number of carboxylic acid groups (broad SMARTS) is 1. The fraction of sp³-hybridized carbons (Fsp3) is 0.417. The highest BCUT2D eigenvalue weighted by atomic mass is 19.4. The van der Waals surface area contributed by atoms with Crippen LogP contribution in [0.1, 0.15) is 38.2 Å². The summed E-state index contributed by atoms with van der Waals surface area (Å²) >= 11 is 0. The van der Waals surface area contributed by atoms with E-state index in [9.17, 15) is 27.9 Å². The molecule has 3 atom stereocenters. The molecule has 1 aliphatic carbocycles. The Bertz CT molecular complexity index is 886. The smallest absolute Gasteiger partial charge is 0.416 e. The Labute approximate surface area is 184 Å². The van der Waals surface area contributed by atoms with E-state index in [-0.39, 0.29) is 36.4 Å². The lowest BCUT2D eigenvalue weighted by Crippen LogP contribution is -2.18. The minimum atomic E-state index is -4.48. The molecule has 5 nitrogen and oxygen atoms in total. The van der Waals surface area contributed by atoms with Gasteiger partial charge in [0, 0.05) is 18.3 Å². The third-order valence-corrected chi connectivity index (χ3v) is 5.14. The second kappa shape index (κ2) is 11.7. The SMILES string of the molecule is CC1=CC(=O)[C@H](C/C=C\CCCC(=O)O)[C@H]1/C=C/[C@@H](O)COc1cccc(C(F)(F)F)c1. The van der Waals surface area contributed by atoms with Gasteiger partial charge in [0.05, 0.1) is 5.56 Å². The van der Waals surface area contributed by atoms with Crippen LogP contribution >= 0.6 is 0 Å². The number of allylic oxidation sites excluding steroid dienone is 5. The summed E-state index contributed by atoms with van der Waals surface area (Å²) < 4.78 is 43.6.